The van der Waals surface area contributed by atoms with E-state index in [0.29, 0.717) is 23.9 Å². The molecule has 5 rings (SSSR count). The first-order valence-corrected chi connectivity index (χ1v) is 12.9. The summed E-state index contributed by atoms with van der Waals surface area (Å²) >= 11 is 5.92. The Balaban J connectivity index is 1.28. The summed E-state index contributed by atoms with van der Waals surface area (Å²) in [6.07, 6.45) is 0. The van der Waals surface area contributed by atoms with Gasteiger partial charge in [0.15, 0.2) is 6.61 Å². The predicted molar refractivity (Wildman–Crippen MR) is 147 cm³/mol. The summed E-state index contributed by atoms with van der Waals surface area (Å²) in [6, 6.07) is 23.4. The number of amides is 1. The molecule has 3 aromatic rings. The molecule has 0 aliphatic carbocycles. The Bertz CT molecular complexity index is 1270. The molecule has 7 nitrogen and oxygen atoms in total. The molecule has 0 spiro atoms. The van der Waals surface area contributed by atoms with Crippen LogP contribution in [0.15, 0.2) is 77.8 Å². The highest BCUT2D eigenvalue weighted by molar-refractivity contribution is 6.30. The van der Waals surface area contributed by atoms with E-state index in [1.54, 1.807) is 31.4 Å². The molecular formula is C29H31ClN4O3. The largest absolute Gasteiger partial charge is 0.495 e. The number of methoxy groups -OCH3 is 1. The van der Waals surface area contributed by atoms with Gasteiger partial charge in [-0.15, -0.1) is 0 Å². The van der Waals surface area contributed by atoms with E-state index in [4.69, 9.17) is 26.1 Å². The number of nitrogens with zero attached hydrogens (tertiary/aromatic N) is 4. The molecule has 3 aromatic carbocycles. The maximum Gasteiger partial charge on any atom is 0.260 e. The summed E-state index contributed by atoms with van der Waals surface area (Å²) in [7, 11) is 1.70. The van der Waals surface area contributed by atoms with Crippen LogP contribution >= 0.6 is 11.6 Å². The van der Waals surface area contributed by atoms with Crippen LogP contribution in [0.5, 0.6) is 11.5 Å². The number of benzene rings is 3. The molecule has 1 unspecified atom stereocenters. The number of carbonyl (C=O) groups is 1. The third kappa shape index (κ3) is 5.58. The highest BCUT2D eigenvalue weighted by atomic mass is 35.5. The van der Waals surface area contributed by atoms with Crippen molar-refractivity contribution in [3.63, 3.8) is 0 Å². The normalized spacial score (nSPS) is 16.6. The molecule has 0 saturated carbocycles. The van der Waals surface area contributed by atoms with Crippen molar-refractivity contribution in [1.82, 2.24) is 9.80 Å². The van der Waals surface area contributed by atoms with Crippen LogP contribution in [-0.2, 0) is 11.3 Å². The molecule has 0 aromatic heterocycles. The molecule has 2 aliphatic rings. The number of carbonyl (C=O) groups excluding carboxylic acids is 1. The number of anilines is 1. The Morgan fingerprint density at radius 1 is 0.973 bits per heavy atom. The van der Waals surface area contributed by atoms with E-state index in [0.717, 1.165) is 42.6 Å². The van der Waals surface area contributed by atoms with Gasteiger partial charge >= 0.3 is 0 Å². The number of fused-ring (bicyclic) bond motifs is 1. The van der Waals surface area contributed by atoms with Gasteiger partial charge in [-0.25, -0.2) is 4.99 Å². The minimum absolute atomic E-state index is 0.0122. The van der Waals surface area contributed by atoms with E-state index in [1.807, 2.05) is 29.2 Å². The van der Waals surface area contributed by atoms with Gasteiger partial charge in [0.05, 0.1) is 31.1 Å². The Kier molecular flexibility index (Phi) is 7.63. The van der Waals surface area contributed by atoms with E-state index in [-0.39, 0.29) is 18.6 Å². The van der Waals surface area contributed by atoms with Crippen molar-refractivity contribution in [3.05, 3.63) is 83.4 Å². The zero-order valence-corrected chi connectivity index (χ0v) is 21.9. The molecule has 8 heteroatoms. The number of para-hydroxylation sites is 3. The second-order valence-corrected chi connectivity index (χ2v) is 9.63. The molecule has 1 fully saturated rings. The lowest BCUT2D eigenvalue weighted by Gasteiger charge is -2.42. The van der Waals surface area contributed by atoms with Crippen molar-refractivity contribution < 1.29 is 14.3 Å². The van der Waals surface area contributed by atoms with E-state index in [1.165, 1.54) is 5.56 Å². The summed E-state index contributed by atoms with van der Waals surface area (Å²) in [5, 5.41) is 0.638. The van der Waals surface area contributed by atoms with E-state index in [2.05, 4.69) is 41.0 Å². The monoisotopic (exact) mass is 518 g/mol. The average molecular weight is 519 g/mol. The van der Waals surface area contributed by atoms with Gasteiger partial charge in [-0.05, 0) is 55.0 Å². The highest BCUT2D eigenvalue weighted by Gasteiger charge is 2.32. The molecule has 2 aliphatic heterocycles. The average Bonchev–Trinajstić information content (AvgIpc) is 2.95. The van der Waals surface area contributed by atoms with Crippen LogP contribution in [0.3, 0.4) is 0 Å². The fourth-order valence-corrected chi connectivity index (χ4v) is 4.98. The number of rotatable bonds is 7. The fourth-order valence-electron chi connectivity index (χ4n) is 4.86. The smallest absolute Gasteiger partial charge is 0.260 e. The zero-order valence-electron chi connectivity index (χ0n) is 21.1. The summed E-state index contributed by atoms with van der Waals surface area (Å²) in [5.41, 5.74) is 3.18. The SMILES string of the molecule is COc1ccccc1N1Cc2ccccc2N=C1C(C)N1CCN(C(=O)COc2ccc(Cl)cc2)CC1. The van der Waals surface area contributed by atoms with Crippen LogP contribution in [0.1, 0.15) is 12.5 Å². The van der Waals surface area contributed by atoms with Crippen LogP contribution in [0.25, 0.3) is 0 Å². The van der Waals surface area contributed by atoms with E-state index >= 15 is 0 Å². The molecule has 1 amide bonds. The summed E-state index contributed by atoms with van der Waals surface area (Å²) in [5.74, 6) is 2.42. The maximum absolute atomic E-state index is 12.8. The zero-order chi connectivity index (χ0) is 25.8. The van der Waals surface area contributed by atoms with Gasteiger partial charge in [0.2, 0.25) is 0 Å². The van der Waals surface area contributed by atoms with Gasteiger partial charge < -0.3 is 19.3 Å². The Morgan fingerprint density at radius 3 is 2.43 bits per heavy atom. The Labute approximate surface area is 222 Å². The van der Waals surface area contributed by atoms with Crippen molar-refractivity contribution in [2.24, 2.45) is 4.99 Å². The van der Waals surface area contributed by atoms with Gasteiger partial charge in [0.1, 0.15) is 17.3 Å². The van der Waals surface area contributed by atoms with Crippen molar-refractivity contribution in [1.29, 1.82) is 0 Å². The second kappa shape index (κ2) is 11.2. The van der Waals surface area contributed by atoms with E-state index < -0.39 is 0 Å². The summed E-state index contributed by atoms with van der Waals surface area (Å²) in [4.78, 5) is 24.4. The Hall–Kier alpha value is -3.55. The number of piperazine rings is 1. The van der Waals surface area contributed by atoms with Crippen LogP contribution in [-0.4, -0.2) is 67.5 Å². The van der Waals surface area contributed by atoms with Crippen molar-refractivity contribution >= 4 is 34.7 Å². The maximum atomic E-state index is 12.8. The lowest BCUT2D eigenvalue weighted by Crippen LogP contribution is -2.56. The number of hydrogen-bond acceptors (Lipinski definition) is 6. The molecule has 1 atom stereocenters. The van der Waals surface area contributed by atoms with Gasteiger partial charge in [-0.1, -0.05) is 41.9 Å². The number of ether oxygens (including phenoxy) is 2. The molecule has 37 heavy (non-hydrogen) atoms. The third-order valence-corrected chi connectivity index (χ3v) is 7.22. The van der Waals surface area contributed by atoms with Crippen molar-refractivity contribution in [2.45, 2.75) is 19.5 Å². The van der Waals surface area contributed by atoms with Crippen LogP contribution in [0.4, 0.5) is 11.4 Å². The topological polar surface area (TPSA) is 57.6 Å². The molecule has 0 radical (unpaired) electrons. The summed E-state index contributed by atoms with van der Waals surface area (Å²) < 4.78 is 11.4. The number of amidine groups is 1. The first-order chi connectivity index (χ1) is 18.0. The number of aliphatic imine (C=N–C) groups is 1. The van der Waals surface area contributed by atoms with Gasteiger partial charge in [-0.2, -0.15) is 0 Å². The second-order valence-electron chi connectivity index (χ2n) is 9.19. The molecule has 2 heterocycles. The number of hydrogen-bond donors (Lipinski definition) is 0. The third-order valence-electron chi connectivity index (χ3n) is 6.97. The molecule has 0 bridgehead atoms. The minimum Gasteiger partial charge on any atom is -0.495 e. The van der Waals surface area contributed by atoms with Crippen molar-refractivity contribution in [3.8, 4) is 11.5 Å². The predicted octanol–water partition coefficient (Wildman–Crippen LogP) is 5.01. The molecule has 192 valence electrons. The van der Waals surface area contributed by atoms with Gasteiger partial charge in [0, 0.05) is 31.2 Å². The quantitative estimate of drug-likeness (QED) is 0.440. The van der Waals surface area contributed by atoms with E-state index in [9.17, 15) is 4.79 Å². The van der Waals surface area contributed by atoms with Gasteiger partial charge in [-0.3, -0.25) is 9.69 Å². The molecule has 0 N–H and O–H groups in total. The summed E-state index contributed by atoms with van der Waals surface area (Å²) in [6.45, 7) is 5.73. The van der Waals surface area contributed by atoms with Crippen LogP contribution < -0.4 is 14.4 Å². The Morgan fingerprint density at radius 2 is 1.68 bits per heavy atom. The highest BCUT2D eigenvalue weighted by Crippen LogP contribution is 2.35. The first kappa shape index (κ1) is 25.1. The standard InChI is InChI=1S/C29H31ClN4O3/c1-21(32-15-17-33(18-16-32)28(35)20-37-24-13-11-23(30)12-14-24)29-31-25-8-4-3-7-22(25)19-34(29)26-9-5-6-10-27(26)36-2/h3-14,21H,15-20H2,1-2H3. The van der Waals surface area contributed by atoms with Crippen LogP contribution in [0, 0.1) is 0 Å². The first-order valence-electron chi connectivity index (χ1n) is 12.5. The number of halogens is 1. The minimum atomic E-state index is -0.0122. The van der Waals surface area contributed by atoms with Crippen LogP contribution in [0.2, 0.25) is 5.02 Å². The van der Waals surface area contributed by atoms with Gasteiger partial charge in [0.25, 0.3) is 5.91 Å². The van der Waals surface area contributed by atoms with Crippen molar-refractivity contribution in [2.75, 3.05) is 44.8 Å². The lowest BCUT2D eigenvalue weighted by molar-refractivity contribution is -0.135. The molecule has 1 saturated heterocycles. The lowest BCUT2D eigenvalue weighted by atomic mass is 10.1. The fraction of sp³-hybridized carbons (Fsp3) is 0.310. The molecular weight excluding hydrogens is 488 g/mol.